The Morgan fingerprint density at radius 3 is 2.11 bits per heavy atom. The molecule has 0 spiro atoms. The zero-order valence-electron chi connectivity index (χ0n) is 21.7. The largest absolute Gasteiger partial charge is 0.379 e. The van der Waals surface area contributed by atoms with E-state index in [9.17, 15) is 9.59 Å². The van der Waals surface area contributed by atoms with Crippen molar-refractivity contribution >= 4 is 23.4 Å². The maximum Gasteiger partial charge on any atom is 0.243 e. The molecule has 0 saturated heterocycles. The summed E-state index contributed by atoms with van der Waals surface area (Å²) in [6, 6.07) is 26.6. The molecule has 3 rings (SSSR count). The first-order valence-electron chi connectivity index (χ1n) is 12.9. The molecule has 3 aromatic rings. The summed E-state index contributed by atoms with van der Waals surface area (Å²) in [4.78, 5) is 28.9. The fraction of sp³-hybridized carbons (Fsp3) is 0.355. The first-order chi connectivity index (χ1) is 17.9. The van der Waals surface area contributed by atoms with E-state index >= 15 is 0 Å². The Kier molecular flexibility index (Phi) is 11.7. The highest BCUT2D eigenvalue weighted by atomic mass is 35.5. The molecule has 2 amide bonds. The van der Waals surface area contributed by atoms with E-state index in [1.165, 1.54) is 0 Å². The number of hydrogen-bond donors (Lipinski definition) is 1. The van der Waals surface area contributed by atoms with E-state index in [4.69, 9.17) is 16.3 Å². The zero-order chi connectivity index (χ0) is 26.5. The number of amides is 2. The fourth-order valence-corrected chi connectivity index (χ4v) is 4.23. The monoisotopic (exact) mass is 520 g/mol. The molecule has 37 heavy (non-hydrogen) atoms. The van der Waals surface area contributed by atoms with Gasteiger partial charge in [0.25, 0.3) is 0 Å². The van der Waals surface area contributed by atoms with Crippen molar-refractivity contribution in [2.45, 2.75) is 58.2 Å². The summed E-state index contributed by atoms with van der Waals surface area (Å²) in [5.41, 5.74) is 3.02. The van der Waals surface area contributed by atoms with Gasteiger partial charge >= 0.3 is 0 Å². The molecule has 0 bridgehead atoms. The molecule has 196 valence electrons. The number of halogens is 1. The summed E-state index contributed by atoms with van der Waals surface area (Å²) in [7, 11) is 0. The normalized spacial score (nSPS) is 11.8. The summed E-state index contributed by atoms with van der Waals surface area (Å²) < 4.78 is 5.60. The van der Waals surface area contributed by atoms with Crippen LogP contribution >= 0.6 is 11.6 Å². The van der Waals surface area contributed by atoms with Crippen LogP contribution in [0.4, 0.5) is 0 Å². The van der Waals surface area contributed by atoms with Crippen molar-refractivity contribution in [3.63, 3.8) is 0 Å². The molecule has 0 aliphatic rings. The van der Waals surface area contributed by atoms with Crippen LogP contribution in [0.25, 0.3) is 0 Å². The maximum absolute atomic E-state index is 13.7. The van der Waals surface area contributed by atoms with Gasteiger partial charge in [-0.25, -0.2) is 0 Å². The molecule has 0 unspecified atom stereocenters. The van der Waals surface area contributed by atoms with E-state index in [1.807, 2.05) is 98.8 Å². The quantitative estimate of drug-likeness (QED) is 0.271. The Labute approximate surface area is 225 Å². The second kappa shape index (κ2) is 15.2. The SMILES string of the molecule is CC(C)OCCCNC(=O)[C@H](Cc1ccccc1)N(Cc1ccc(Cl)cc1)C(=O)CCc1ccccc1. The number of rotatable bonds is 14. The minimum Gasteiger partial charge on any atom is -0.379 e. The Balaban J connectivity index is 1.81. The van der Waals surface area contributed by atoms with Gasteiger partial charge in [0.05, 0.1) is 6.10 Å². The van der Waals surface area contributed by atoms with Crippen molar-refractivity contribution in [2.24, 2.45) is 0 Å². The first kappa shape index (κ1) is 28.4. The average molecular weight is 521 g/mol. The van der Waals surface area contributed by atoms with Crippen molar-refractivity contribution < 1.29 is 14.3 Å². The molecule has 0 radical (unpaired) electrons. The van der Waals surface area contributed by atoms with Gasteiger partial charge in [-0.2, -0.15) is 0 Å². The molecule has 0 saturated carbocycles. The Bertz CT molecular complexity index is 1090. The molecule has 0 fully saturated rings. The summed E-state index contributed by atoms with van der Waals surface area (Å²) in [5.74, 6) is -0.214. The number of carbonyl (C=O) groups is 2. The van der Waals surface area contributed by atoms with Crippen LogP contribution in [0.3, 0.4) is 0 Å². The van der Waals surface area contributed by atoms with Crippen molar-refractivity contribution in [2.75, 3.05) is 13.2 Å². The molecule has 1 N–H and O–H groups in total. The topological polar surface area (TPSA) is 58.6 Å². The third-order valence-electron chi connectivity index (χ3n) is 6.08. The standard InChI is InChI=1S/C31H37ClN2O3/c1-24(2)37-21-9-20-33-31(36)29(22-26-12-7-4-8-13-26)34(23-27-14-17-28(32)18-15-27)30(35)19-16-25-10-5-3-6-11-25/h3-8,10-15,17-18,24,29H,9,16,19-23H2,1-2H3,(H,33,36)/t29-/m0/s1. The molecule has 3 aromatic carbocycles. The van der Waals surface area contributed by atoms with Crippen LogP contribution in [-0.2, 0) is 33.7 Å². The lowest BCUT2D eigenvalue weighted by atomic mass is 10.0. The van der Waals surface area contributed by atoms with E-state index < -0.39 is 6.04 Å². The Morgan fingerprint density at radius 1 is 0.865 bits per heavy atom. The van der Waals surface area contributed by atoms with Crippen LogP contribution in [0.15, 0.2) is 84.9 Å². The van der Waals surface area contributed by atoms with E-state index in [2.05, 4.69) is 5.32 Å². The second-order valence-corrected chi connectivity index (χ2v) is 9.84. The molecule has 0 heterocycles. The summed E-state index contributed by atoms with van der Waals surface area (Å²) in [6.45, 7) is 5.37. The fourth-order valence-electron chi connectivity index (χ4n) is 4.10. The van der Waals surface area contributed by atoms with Gasteiger partial charge in [0.1, 0.15) is 6.04 Å². The molecule has 0 aromatic heterocycles. The number of nitrogens with zero attached hydrogens (tertiary/aromatic N) is 1. The Morgan fingerprint density at radius 2 is 1.49 bits per heavy atom. The summed E-state index contributed by atoms with van der Waals surface area (Å²) >= 11 is 6.10. The van der Waals surface area contributed by atoms with Gasteiger partial charge in [-0.1, -0.05) is 84.4 Å². The summed E-state index contributed by atoms with van der Waals surface area (Å²) in [6.07, 6.45) is 2.22. The van der Waals surface area contributed by atoms with E-state index in [-0.39, 0.29) is 17.9 Å². The third-order valence-corrected chi connectivity index (χ3v) is 6.33. The highest BCUT2D eigenvalue weighted by Gasteiger charge is 2.30. The van der Waals surface area contributed by atoms with Gasteiger partial charge < -0.3 is 15.0 Å². The highest BCUT2D eigenvalue weighted by molar-refractivity contribution is 6.30. The zero-order valence-corrected chi connectivity index (χ0v) is 22.5. The maximum atomic E-state index is 13.7. The van der Waals surface area contributed by atoms with Crippen molar-refractivity contribution in [1.82, 2.24) is 10.2 Å². The van der Waals surface area contributed by atoms with Crippen molar-refractivity contribution in [1.29, 1.82) is 0 Å². The second-order valence-electron chi connectivity index (χ2n) is 9.40. The minimum absolute atomic E-state index is 0.0574. The van der Waals surface area contributed by atoms with Crippen LogP contribution in [-0.4, -0.2) is 42.0 Å². The highest BCUT2D eigenvalue weighted by Crippen LogP contribution is 2.18. The third kappa shape index (κ3) is 10.0. The number of nitrogens with one attached hydrogen (secondary N) is 1. The predicted octanol–water partition coefficient (Wildman–Crippen LogP) is 5.84. The Hall–Kier alpha value is -3.15. The molecule has 0 aliphatic carbocycles. The van der Waals surface area contributed by atoms with E-state index in [0.717, 1.165) is 16.7 Å². The van der Waals surface area contributed by atoms with Crippen LogP contribution in [0.1, 0.15) is 43.4 Å². The molecular formula is C31H37ClN2O3. The molecule has 5 nitrogen and oxygen atoms in total. The molecule has 6 heteroatoms. The van der Waals surface area contributed by atoms with Gasteiger partial charge in [0.2, 0.25) is 11.8 Å². The molecule has 0 aliphatic heterocycles. The number of ether oxygens (including phenoxy) is 1. The number of aryl methyl sites for hydroxylation is 1. The lowest BCUT2D eigenvalue weighted by molar-refractivity contribution is -0.141. The summed E-state index contributed by atoms with van der Waals surface area (Å²) in [5, 5.41) is 3.68. The number of carbonyl (C=O) groups excluding carboxylic acids is 2. The number of benzene rings is 3. The van der Waals surface area contributed by atoms with Crippen LogP contribution < -0.4 is 5.32 Å². The van der Waals surface area contributed by atoms with Gasteiger partial charge in [0.15, 0.2) is 0 Å². The average Bonchev–Trinajstić information content (AvgIpc) is 2.91. The predicted molar refractivity (Wildman–Crippen MR) is 149 cm³/mol. The lowest BCUT2D eigenvalue weighted by Crippen LogP contribution is -2.50. The van der Waals surface area contributed by atoms with E-state index in [1.54, 1.807) is 4.90 Å². The van der Waals surface area contributed by atoms with Gasteiger partial charge in [-0.15, -0.1) is 0 Å². The molecule has 1 atom stereocenters. The van der Waals surface area contributed by atoms with Crippen molar-refractivity contribution in [3.8, 4) is 0 Å². The lowest BCUT2D eigenvalue weighted by Gasteiger charge is -2.32. The first-order valence-corrected chi connectivity index (χ1v) is 13.3. The van der Waals surface area contributed by atoms with Crippen molar-refractivity contribution in [3.05, 3.63) is 107 Å². The number of hydrogen-bond acceptors (Lipinski definition) is 3. The van der Waals surface area contributed by atoms with Gasteiger partial charge in [0, 0.05) is 37.6 Å². The van der Waals surface area contributed by atoms with Crippen LogP contribution in [0.2, 0.25) is 5.02 Å². The minimum atomic E-state index is -0.646. The van der Waals surface area contributed by atoms with Gasteiger partial charge in [-0.3, -0.25) is 9.59 Å². The molecular weight excluding hydrogens is 484 g/mol. The van der Waals surface area contributed by atoms with Crippen LogP contribution in [0, 0.1) is 0 Å². The van der Waals surface area contributed by atoms with Gasteiger partial charge in [-0.05, 0) is 55.5 Å². The van der Waals surface area contributed by atoms with E-state index in [0.29, 0.717) is 50.4 Å². The van der Waals surface area contributed by atoms with Crippen LogP contribution in [0.5, 0.6) is 0 Å². The smallest absolute Gasteiger partial charge is 0.243 e.